The Morgan fingerprint density at radius 2 is 1.89 bits per heavy atom. The quantitative estimate of drug-likeness (QED) is 0.222. The van der Waals surface area contributed by atoms with Crippen LogP contribution in [0.25, 0.3) is 0 Å². The molecule has 2 rings (SSSR count). The highest BCUT2D eigenvalue weighted by Gasteiger charge is 2.35. The zero-order valence-corrected chi connectivity index (χ0v) is 15.6. The molecule has 0 aromatic heterocycles. The van der Waals surface area contributed by atoms with Crippen LogP contribution in [0.2, 0.25) is 0 Å². The molecular formula is C19H30N6O2. The van der Waals surface area contributed by atoms with E-state index in [9.17, 15) is 9.59 Å². The van der Waals surface area contributed by atoms with Crippen molar-refractivity contribution in [3.63, 3.8) is 0 Å². The molecule has 1 aromatic carbocycles. The molecule has 1 aliphatic rings. The summed E-state index contributed by atoms with van der Waals surface area (Å²) in [5, 5.41) is 13.2. The van der Waals surface area contributed by atoms with Crippen molar-refractivity contribution in [2.45, 2.75) is 44.2 Å². The fourth-order valence-electron chi connectivity index (χ4n) is 3.37. The van der Waals surface area contributed by atoms with E-state index in [1.165, 1.54) is 0 Å². The van der Waals surface area contributed by atoms with E-state index in [4.69, 9.17) is 16.9 Å². The molecule has 1 aliphatic heterocycles. The molecular weight excluding hydrogens is 344 g/mol. The maximum atomic E-state index is 13.1. The molecule has 1 fully saturated rings. The lowest BCUT2D eigenvalue weighted by molar-refractivity contribution is -0.139. The van der Waals surface area contributed by atoms with E-state index in [1.807, 2.05) is 30.3 Å². The summed E-state index contributed by atoms with van der Waals surface area (Å²) in [6.07, 6.45) is 3.68. The third kappa shape index (κ3) is 6.56. The van der Waals surface area contributed by atoms with Gasteiger partial charge in [-0.05, 0) is 44.2 Å². The SMILES string of the molecule is N=C(N)NCCCCN[C@H](Cc1ccccc1)C(=O)N1CCC[C@H]1C(N)=O. The zero-order valence-electron chi connectivity index (χ0n) is 15.6. The summed E-state index contributed by atoms with van der Waals surface area (Å²) in [5.74, 6) is -0.539. The number of hydrogen-bond acceptors (Lipinski definition) is 4. The van der Waals surface area contributed by atoms with Crippen LogP contribution in [-0.2, 0) is 16.0 Å². The van der Waals surface area contributed by atoms with Crippen LogP contribution >= 0.6 is 0 Å². The molecule has 0 bridgehead atoms. The number of primary amides is 1. The van der Waals surface area contributed by atoms with Crippen LogP contribution in [0.1, 0.15) is 31.2 Å². The third-order valence-corrected chi connectivity index (χ3v) is 4.75. The molecule has 1 saturated heterocycles. The maximum Gasteiger partial charge on any atom is 0.240 e. The van der Waals surface area contributed by atoms with E-state index in [1.54, 1.807) is 4.90 Å². The second-order valence-corrected chi connectivity index (χ2v) is 6.84. The molecule has 8 heteroatoms. The fraction of sp³-hybridized carbons (Fsp3) is 0.526. The van der Waals surface area contributed by atoms with Crippen LogP contribution in [0.5, 0.6) is 0 Å². The molecule has 0 aliphatic carbocycles. The maximum absolute atomic E-state index is 13.1. The largest absolute Gasteiger partial charge is 0.370 e. The second kappa shape index (κ2) is 10.5. The average Bonchev–Trinajstić information content (AvgIpc) is 3.13. The van der Waals surface area contributed by atoms with Crippen LogP contribution in [0.3, 0.4) is 0 Å². The first-order valence-corrected chi connectivity index (χ1v) is 9.44. The van der Waals surface area contributed by atoms with Gasteiger partial charge in [0.15, 0.2) is 5.96 Å². The number of nitrogens with one attached hydrogen (secondary N) is 3. The van der Waals surface area contributed by atoms with E-state index in [0.29, 0.717) is 32.5 Å². The van der Waals surface area contributed by atoms with E-state index in [-0.39, 0.29) is 11.9 Å². The minimum absolute atomic E-state index is 0.0355. The number of benzene rings is 1. The Kier molecular flexibility index (Phi) is 8.06. The first-order chi connectivity index (χ1) is 13.0. The molecule has 0 radical (unpaired) electrons. The first-order valence-electron chi connectivity index (χ1n) is 9.44. The molecule has 0 unspecified atom stereocenters. The van der Waals surface area contributed by atoms with Crippen LogP contribution in [0, 0.1) is 5.41 Å². The van der Waals surface area contributed by atoms with Gasteiger partial charge in [-0.25, -0.2) is 0 Å². The summed E-state index contributed by atoms with van der Waals surface area (Å²) < 4.78 is 0. The summed E-state index contributed by atoms with van der Waals surface area (Å²) in [7, 11) is 0. The number of carbonyl (C=O) groups is 2. The van der Waals surface area contributed by atoms with Gasteiger partial charge in [0.2, 0.25) is 11.8 Å². The molecule has 0 saturated carbocycles. The molecule has 0 spiro atoms. The predicted octanol–water partition coefficient (Wildman–Crippen LogP) is -0.0731. The number of rotatable bonds is 10. The van der Waals surface area contributed by atoms with E-state index in [2.05, 4.69) is 10.6 Å². The third-order valence-electron chi connectivity index (χ3n) is 4.75. The lowest BCUT2D eigenvalue weighted by Gasteiger charge is -2.28. The van der Waals surface area contributed by atoms with E-state index >= 15 is 0 Å². The van der Waals surface area contributed by atoms with Gasteiger partial charge in [0, 0.05) is 13.1 Å². The first kappa shape index (κ1) is 20.7. The second-order valence-electron chi connectivity index (χ2n) is 6.84. The van der Waals surface area contributed by atoms with Gasteiger partial charge in [0.1, 0.15) is 6.04 Å². The standard InChI is InChI=1S/C19H30N6O2/c20-17(26)16-9-6-12-25(16)18(27)15(13-14-7-2-1-3-8-14)23-10-4-5-11-24-19(21)22/h1-3,7-8,15-16,23H,4-6,9-13H2,(H2,20,26)(H4,21,22,24)/t15-,16+/m1/s1. The molecule has 1 aromatic rings. The van der Waals surface area contributed by atoms with Crippen molar-refractivity contribution in [3.8, 4) is 0 Å². The molecule has 7 N–H and O–H groups in total. The highest BCUT2D eigenvalue weighted by molar-refractivity contribution is 5.89. The van der Waals surface area contributed by atoms with Crippen molar-refractivity contribution in [1.82, 2.24) is 15.5 Å². The Balaban J connectivity index is 1.95. The average molecular weight is 374 g/mol. The minimum atomic E-state index is -0.502. The Bertz CT molecular complexity index is 636. The van der Waals surface area contributed by atoms with Crippen LogP contribution < -0.4 is 22.1 Å². The lowest BCUT2D eigenvalue weighted by Crippen LogP contribution is -2.52. The number of guanidine groups is 1. The van der Waals surface area contributed by atoms with Crippen molar-refractivity contribution in [2.75, 3.05) is 19.6 Å². The highest BCUT2D eigenvalue weighted by atomic mass is 16.2. The van der Waals surface area contributed by atoms with Gasteiger partial charge >= 0.3 is 0 Å². The summed E-state index contributed by atoms with van der Waals surface area (Å²) >= 11 is 0. The van der Waals surface area contributed by atoms with Gasteiger partial charge in [-0.15, -0.1) is 0 Å². The monoisotopic (exact) mass is 374 g/mol. The Morgan fingerprint density at radius 3 is 2.56 bits per heavy atom. The van der Waals surface area contributed by atoms with Crippen molar-refractivity contribution in [1.29, 1.82) is 5.41 Å². The Morgan fingerprint density at radius 1 is 1.19 bits per heavy atom. The topological polar surface area (TPSA) is 137 Å². The van der Waals surface area contributed by atoms with E-state index < -0.39 is 18.0 Å². The lowest BCUT2D eigenvalue weighted by atomic mass is 10.0. The van der Waals surface area contributed by atoms with Crippen LogP contribution in [0.15, 0.2) is 30.3 Å². The summed E-state index contributed by atoms with van der Waals surface area (Å²) in [6, 6.07) is 8.94. The van der Waals surface area contributed by atoms with Crippen LogP contribution in [0.4, 0.5) is 0 Å². The molecule has 1 heterocycles. The van der Waals surface area contributed by atoms with E-state index in [0.717, 1.165) is 24.8 Å². The Hall–Kier alpha value is -2.61. The fourth-order valence-corrected chi connectivity index (χ4v) is 3.37. The smallest absolute Gasteiger partial charge is 0.240 e. The van der Waals surface area contributed by atoms with Crippen molar-refractivity contribution < 1.29 is 9.59 Å². The number of nitrogens with two attached hydrogens (primary N) is 2. The number of carbonyl (C=O) groups excluding carboxylic acids is 2. The van der Waals surface area contributed by atoms with Crippen molar-refractivity contribution in [2.24, 2.45) is 11.5 Å². The van der Waals surface area contributed by atoms with Gasteiger partial charge < -0.3 is 27.0 Å². The van der Waals surface area contributed by atoms with Crippen LogP contribution in [-0.4, -0.2) is 54.4 Å². The molecule has 148 valence electrons. The number of nitrogens with zero attached hydrogens (tertiary/aromatic N) is 1. The van der Waals surface area contributed by atoms with Crippen molar-refractivity contribution >= 4 is 17.8 Å². The summed E-state index contributed by atoms with van der Waals surface area (Å²) in [5.41, 5.74) is 11.8. The number of unbranched alkanes of at least 4 members (excludes halogenated alkanes) is 1. The molecule has 2 atom stereocenters. The number of amides is 2. The van der Waals surface area contributed by atoms with Gasteiger partial charge in [-0.2, -0.15) is 0 Å². The molecule has 27 heavy (non-hydrogen) atoms. The molecule has 2 amide bonds. The predicted molar refractivity (Wildman–Crippen MR) is 105 cm³/mol. The minimum Gasteiger partial charge on any atom is -0.370 e. The summed E-state index contributed by atoms with van der Waals surface area (Å²) in [4.78, 5) is 26.4. The highest BCUT2D eigenvalue weighted by Crippen LogP contribution is 2.19. The van der Waals surface area contributed by atoms with Gasteiger partial charge in [-0.1, -0.05) is 30.3 Å². The number of likely N-dealkylation sites (tertiary alicyclic amines) is 1. The van der Waals surface area contributed by atoms with Crippen molar-refractivity contribution in [3.05, 3.63) is 35.9 Å². The normalized spacial score (nSPS) is 17.5. The van der Waals surface area contributed by atoms with Gasteiger partial charge in [-0.3, -0.25) is 15.0 Å². The summed E-state index contributed by atoms with van der Waals surface area (Å²) in [6.45, 7) is 1.87. The van der Waals surface area contributed by atoms with Gasteiger partial charge in [0.05, 0.1) is 6.04 Å². The molecule has 8 nitrogen and oxygen atoms in total. The Labute approximate surface area is 160 Å². The zero-order chi connectivity index (χ0) is 19.6. The number of hydrogen-bond donors (Lipinski definition) is 5. The van der Waals surface area contributed by atoms with Gasteiger partial charge in [0.25, 0.3) is 0 Å².